The highest BCUT2D eigenvalue weighted by atomic mass is 32.1. The molecule has 0 unspecified atom stereocenters. The Kier molecular flexibility index (Phi) is 5.64. The van der Waals surface area contributed by atoms with Gasteiger partial charge in [0.15, 0.2) is 0 Å². The standard InChI is InChI=1S/C12H18N2O3S/c1-3-4-10(11(15)16)14-12(17)13-5-9-7-18-6-8(9)2/h6-7,10H,3-5H2,1-2H3,(H,15,16)(H2,13,14,17)/t10-/m1/s1. The summed E-state index contributed by atoms with van der Waals surface area (Å²) in [6.07, 6.45) is 1.14. The summed E-state index contributed by atoms with van der Waals surface area (Å²) in [6, 6.07) is -1.26. The molecule has 0 aromatic carbocycles. The number of carbonyl (C=O) groups is 2. The number of amides is 2. The predicted molar refractivity (Wildman–Crippen MR) is 70.8 cm³/mol. The first kappa shape index (κ1) is 14.5. The van der Waals surface area contributed by atoms with Gasteiger partial charge in [0.2, 0.25) is 0 Å². The molecule has 6 heteroatoms. The van der Waals surface area contributed by atoms with Crippen LogP contribution in [0.1, 0.15) is 30.9 Å². The van der Waals surface area contributed by atoms with Gasteiger partial charge in [-0.3, -0.25) is 0 Å². The van der Waals surface area contributed by atoms with E-state index in [2.05, 4.69) is 10.6 Å². The molecule has 0 spiro atoms. The summed E-state index contributed by atoms with van der Waals surface area (Å²) in [7, 11) is 0. The van der Waals surface area contributed by atoms with Crippen molar-refractivity contribution in [2.24, 2.45) is 0 Å². The second-order valence-electron chi connectivity index (χ2n) is 4.09. The van der Waals surface area contributed by atoms with Crippen LogP contribution in [0, 0.1) is 6.92 Å². The quantitative estimate of drug-likeness (QED) is 0.740. The largest absolute Gasteiger partial charge is 0.480 e. The van der Waals surface area contributed by atoms with Gasteiger partial charge in [-0.05, 0) is 35.2 Å². The molecule has 1 aromatic rings. The number of hydrogen-bond acceptors (Lipinski definition) is 3. The van der Waals surface area contributed by atoms with Gasteiger partial charge in [-0.15, -0.1) is 0 Å². The minimum atomic E-state index is -1.00. The third-order valence-corrected chi connectivity index (χ3v) is 3.49. The van der Waals surface area contributed by atoms with Crippen molar-refractivity contribution in [2.75, 3.05) is 0 Å². The first-order chi connectivity index (χ1) is 8.54. The van der Waals surface area contributed by atoms with Crippen LogP contribution in [0.3, 0.4) is 0 Å². The number of aryl methyl sites for hydroxylation is 1. The van der Waals surface area contributed by atoms with E-state index in [1.165, 1.54) is 0 Å². The Labute approximate surface area is 110 Å². The van der Waals surface area contributed by atoms with E-state index in [1.54, 1.807) is 11.3 Å². The molecule has 0 aliphatic carbocycles. The molecule has 2 amide bonds. The fourth-order valence-corrected chi connectivity index (χ4v) is 2.36. The Morgan fingerprint density at radius 1 is 1.44 bits per heavy atom. The van der Waals surface area contributed by atoms with E-state index in [1.807, 2.05) is 24.6 Å². The molecule has 3 N–H and O–H groups in total. The van der Waals surface area contributed by atoms with E-state index in [9.17, 15) is 9.59 Å². The highest BCUT2D eigenvalue weighted by Crippen LogP contribution is 2.12. The summed E-state index contributed by atoms with van der Waals surface area (Å²) in [4.78, 5) is 22.4. The number of urea groups is 1. The number of carbonyl (C=O) groups excluding carboxylic acids is 1. The van der Waals surface area contributed by atoms with Crippen LogP contribution in [-0.2, 0) is 11.3 Å². The molecule has 18 heavy (non-hydrogen) atoms. The molecule has 0 bridgehead atoms. The molecule has 5 nitrogen and oxygen atoms in total. The average molecular weight is 270 g/mol. The zero-order valence-corrected chi connectivity index (χ0v) is 11.3. The van der Waals surface area contributed by atoms with Crippen LogP contribution in [0.15, 0.2) is 10.8 Å². The maximum absolute atomic E-state index is 11.6. The number of carboxylic acid groups (broad SMARTS) is 1. The van der Waals surface area contributed by atoms with Crippen molar-refractivity contribution < 1.29 is 14.7 Å². The molecule has 0 saturated carbocycles. The molecule has 0 aliphatic rings. The minimum absolute atomic E-state index is 0.416. The number of carboxylic acids is 1. The summed E-state index contributed by atoms with van der Waals surface area (Å²) < 4.78 is 0. The van der Waals surface area contributed by atoms with Gasteiger partial charge in [-0.25, -0.2) is 9.59 Å². The molecular weight excluding hydrogens is 252 g/mol. The van der Waals surface area contributed by atoms with Crippen LogP contribution in [0.2, 0.25) is 0 Å². The molecule has 0 aliphatic heterocycles. The molecule has 0 saturated heterocycles. The van der Waals surface area contributed by atoms with E-state index < -0.39 is 18.0 Å². The zero-order chi connectivity index (χ0) is 13.5. The lowest BCUT2D eigenvalue weighted by Gasteiger charge is -2.14. The lowest BCUT2D eigenvalue weighted by atomic mass is 10.2. The predicted octanol–water partition coefficient (Wildman–Crippen LogP) is 2.11. The van der Waals surface area contributed by atoms with Gasteiger partial charge >= 0.3 is 12.0 Å². The van der Waals surface area contributed by atoms with E-state index in [4.69, 9.17) is 5.11 Å². The van der Waals surface area contributed by atoms with Gasteiger partial charge < -0.3 is 15.7 Å². The lowest BCUT2D eigenvalue weighted by Crippen LogP contribution is -2.45. The van der Waals surface area contributed by atoms with Gasteiger partial charge in [-0.1, -0.05) is 13.3 Å². The lowest BCUT2D eigenvalue weighted by molar-refractivity contribution is -0.139. The summed E-state index contributed by atoms with van der Waals surface area (Å²) in [6.45, 7) is 4.27. The van der Waals surface area contributed by atoms with Crippen molar-refractivity contribution >= 4 is 23.3 Å². The molecule has 1 rings (SSSR count). The number of nitrogens with one attached hydrogen (secondary N) is 2. The topological polar surface area (TPSA) is 78.4 Å². The van der Waals surface area contributed by atoms with Gasteiger partial charge in [-0.2, -0.15) is 11.3 Å². The minimum Gasteiger partial charge on any atom is -0.480 e. The summed E-state index contributed by atoms with van der Waals surface area (Å²) in [5, 5.41) is 18.0. The van der Waals surface area contributed by atoms with Gasteiger partial charge in [0.05, 0.1) is 0 Å². The van der Waals surface area contributed by atoms with Crippen LogP contribution in [-0.4, -0.2) is 23.1 Å². The smallest absolute Gasteiger partial charge is 0.326 e. The Morgan fingerprint density at radius 2 is 2.17 bits per heavy atom. The van der Waals surface area contributed by atoms with E-state index >= 15 is 0 Å². The molecule has 1 heterocycles. The van der Waals surface area contributed by atoms with Crippen molar-refractivity contribution in [3.05, 3.63) is 21.9 Å². The Morgan fingerprint density at radius 3 is 2.67 bits per heavy atom. The molecule has 0 fully saturated rings. The van der Waals surface area contributed by atoms with Crippen molar-refractivity contribution in [1.82, 2.24) is 10.6 Å². The molecule has 100 valence electrons. The monoisotopic (exact) mass is 270 g/mol. The second kappa shape index (κ2) is 7.00. The molecular formula is C12H18N2O3S. The zero-order valence-electron chi connectivity index (χ0n) is 10.5. The van der Waals surface area contributed by atoms with Crippen molar-refractivity contribution in [1.29, 1.82) is 0 Å². The van der Waals surface area contributed by atoms with Gasteiger partial charge in [0, 0.05) is 6.54 Å². The second-order valence-corrected chi connectivity index (χ2v) is 4.83. The molecule has 1 aromatic heterocycles. The van der Waals surface area contributed by atoms with Crippen molar-refractivity contribution in [2.45, 2.75) is 39.3 Å². The van der Waals surface area contributed by atoms with Crippen LogP contribution in [0.5, 0.6) is 0 Å². The van der Waals surface area contributed by atoms with Crippen molar-refractivity contribution in [3.63, 3.8) is 0 Å². The third-order valence-electron chi connectivity index (χ3n) is 2.58. The van der Waals surface area contributed by atoms with Crippen LogP contribution in [0.25, 0.3) is 0 Å². The normalized spacial score (nSPS) is 11.9. The summed E-state index contributed by atoms with van der Waals surface area (Å²) in [5.74, 6) is -1.00. The van der Waals surface area contributed by atoms with E-state index in [-0.39, 0.29) is 0 Å². The fourth-order valence-electron chi connectivity index (χ4n) is 1.50. The third kappa shape index (κ3) is 4.37. The van der Waals surface area contributed by atoms with Crippen LogP contribution >= 0.6 is 11.3 Å². The highest BCUT2D eigenvalue weighted by molar-refractivity contribution is 7.08. The SMILES string of the molecule is CCC[C@@H](NC(=O)NCc1cscc1C)C(=O)O. The Balaban J connectivity index is 2.41. The summed E-state index contributed by atoms with van der Waals surface area (Å²) >= 11 is 1.58. The van der Waals surface area contributed by atoms with E-state index in [0.717, 1.165) is 11.1 Å². The van der Waals surface area contributed by atoms with Crippen LogP contribution < -0.4 is 10.6 Å². The maximum atomic E-state index is 11.6. The first-order valence-corrected chi connectivity index (χ1v) is 6.77. The number of thiophene rings is 1. The highest BCUT2D eigenvalue weighted by Gasteiger charge is 2.18. The average Bonchev–Trinajstić information content (AvgIpc) is 2.71. The number of hydrogen-bond donors (Lipinski definition) is 3. The maximum Gasteiger partial charge on any atom is 0.326 e. The molecule has 1 atom stereocenters. The van der Waals surface area contributed by atoms with Crippen molar-refractivity contribution in [3.8, 4) is 0 Å². The van der Waals surface area contributed by atoms with Crippen LogP contribution in [0.4, 0.5) is 4.79 Å². The Hall–Kier alpha value is -1.56. The number of rotatable bonds is 6. The Bertz CT molecular complexity index is 417. The van der Waals surface area contributed by atoms with E-state index in [0.29, 0.717) is 19.4 Å². The number of aliphatic carboxylic acids is 1. The molecule has 0 radical (unpaired) electrons. The van der Waals surface area contributed by atoms with Gasteiger partial charge in [0.25, 0.3) is 0 Å². The summed E-state index contributed by atoms with van der Waals surface area (Å²) in [5.41, 5.74) is 2.18. The first-order valence-electron chi connectivity index (χ1n) is 5.83. The van der Waals surface area contributed by atoms with Gasteiger partial charge in [0.1, 0.15) is 6.04 Å². The fraction of sp³-hybridized carbons (Fsp3) is 0.500.